The summed E-state index contributed by atoms with van der Waals surface area (Å²) in [6, 6.07) is 2.85. The van der Waals surface area contributed by atoms with Crippen LogP contribution in [0.15, 0.2) is 30.9 Å². The summed E-state index contributed by atoms with van der Waals surface area (Å²) >= 11 is 5.63. The fourth-order valence-corrected chi connectivity index (χ4v) is 1.78. The van der Waals surface area contributed by atoms with Gasteiger partial charge in [0, 0.05) is 0 Å². The zero-order chi connectivity index (χ0) is 16.3. The van der Waals surface area contributed by atoms with Crippen LogP contribution in [-0.2, 0) is 11.3 Å². The van der Waals surface area contributed by atoms with Crippen LogP contribution in [0.25, 0.3) is 0 Å². The lowest BCUT2D eigenvalue weighted by atomic mass is 10.1. The number of amides is 1. The zero-order valence-electron chi connectivity index (χ0n) is 10.9. The van der Waals surface area contributed by atoms with Crippen molar-refractivity contribution < 1.29 is 23.1 Å². The van der Waals surface area contributed by atoms with Gasteiger partial charge in [0.05, 0.1) is 17.3 Å². The molecule has 1 atom stereocenters. The molecule has 0 spiro atoms. The third-order valence-electron chi connectivity index (χ3n) is 2.73. The minimum atomic E-state index is -4.11. The summed E-state index contributed by atoms with van der Waals surface area (Å²) in [7, 11) is 0. The predicted molar refractivity (Wildman–Crippen MR) is 71.0 cm³/mol. The van der Waals surface area contributed by atoms with Crippen LogP contribution >= 0.6 is 11.6 Å². The van der Waals surface area contributed by atoms with E-state index in [1.54, 1.807) is 0 Å². The molecular weight excluding hydrogens is 325 g/mol. The van der Waals surface area contributed by atoms with Gasteiger partial charge in [0.15, 0.2) is 0 Å². The van der Waals surface area contributed by atoms with E-state index in [-0.39, 0.29) is 10.7 Å². The normalized spacial score (nSPS) is 13.0. The number of aliphatic hydroxyl groups is 1. The van der Waals surface area contributed by atoms with Crippen LogP contribution in [0, 0.1) is 5.82 Å². The predicted octanol–water partition coefficient (Wildman–Crippen LogP) is 1.71. The molecule has 2 rings (SSSR count). The molecule has 0 bridgehead atoms. The van der Waals surface area contributed by atoms with E-state index < -0.39 is 30.3 Å². The Morgan fingerprint density at radius 2 is 2.23 bits per heavy atom. The van der Waals surface area contributed by atoms with Gasteiger partial charge in [-0.05, 0) is 18.2 Å². The molecule has 1 heterocycles. The second kappa shape index (κ2) is 6.32. The Kier molecular flexibility index (Phi) is 4.67. The Morgan fingerprint density at radius 3 is 2.82 bits per heavy atom. The second-order valence-corrected chi connectivity index (χ2v) is 4.74. The summed E-state index contributed by atoms with van der Waals surface area (Å²) in [5, 5.41) is 14.7. The smallest absolute Gasteiger partial charge is 0.351 e. The van der Waals surface area contributed by atoms with Crippen molar-refractivity contribution in [1.82, 2.24) is 14.8 Å². The van der Waals surface area contributed by atoms with Crippen LogP contribution in [0.4, 0.5) is 18.9 Å². The van der Waals surface area contributed by atoms with Gasteiger partial charge in [-0.1, -0.05) is 11.6 Å². The second-order valence-electron chi connectivity index (χ2n) is 4.33. The minimum Gasteiger partial charge on any atom is -0.384 e. The molecule has 2 aromatic rings. The summed E-state index contributed by atoms with van der Waals surface area (Å²) in [6.07, 6.45) is -0.106. The van der Waals surface area contributed by atoms with Gasteiger partial charge in [0.2, 0.25) is 0 Å². The van der Waals surface area contributed by atoms with Gasteiger partial charge in [0.25, 0.3) is 5.91 Å². The van der Waals surface area contributed by atoms with Crippen LogP contribution in [0.1, 0.15) is 0 Å². The minimum absolute atomic E-state index is 0.194. The highest BCUT2D eigenvalue weighted by molar-refractivity contribution is 6.33. The molecule has 0 saturated heterocycles. The van der Waals surface area contributed by atoms with Crippen molar-refractivity contribution in [1.29, 1.82) is 0 Å². The van der Waals surface area contributed by atoms with Crippen molar-refractivity contribution in [2.75, 3.05) is 5.32 Å². The SMILES string of the molecule is O=C(Nc1ccc(F)cc1Cl)C(F)(F)C(O)Cn1cncn1. The van der Waals surface area contributed by atoms with Crippen LogP contribution < -0.4 is 5.32 Å². The number of hydrogen-bond acceptors (Lipinski definition) is 4. The van der Waals surface area contributed by atoms with Crippen LogP contribution in [0.2, 0.25) is 5.02 Å². The average Bonchev–Trinajstić information content (AvgIpc) is 2.94. The number of benzene rings is 1. The van der Waals surface area contributed by atoms with Gasteiger partial charge in [0.1, 0.15) is 24.6 Å². The number of nitrogens with zero attached hydrogens (tertiary/aromatic N) is 3. The van der Waals surface area contributed by atoms with Crippen molar-refractivity contribution in [3.8, 4) is 0 Å². The van der Waals surface area contributed by atoms with E-state index in [1.165, 1.54) is 0 Å². The van der Waals surface area contributed by atoms with Gasteiger partial charge >= 0.3 is 5.92 Å². The van der Waals surface area contributed by atoms with E-state index in [9.17, 15) is 23.1 Å². The molecule has 0 aliphatic rings. The lowest BCUT2D eigenvalue weighted by Crippen LogP contribution is -2.47. The zero-order valence-corrected chi connectivity index (χ0v) is 11.6. The molecule has 0 aliphatic carbocycles. The Labute approximate surface area is 127 Å². The third-order valence-corrected chi connectivity index (χ3v) is 3.04. The van der Waals surface area contributed by atoms with Crippen LogP contribution in [0.3, 0.4) is 0 Å². The third kappa shape index (κ3) is 3.55. The number of nitrogens with one attached hydrogen (secondary N) is 1. The first kappa shape index (κ1) is 16.2. The van der Waals surface area contributed by atoms with E-state index >= 15 is 0 Å². The molecule has 0 aliphatic heterocycles. The van der Waals surface area contributed by atoms with Crippen molar-refractivity contribution >= 4 is 23.2 Å². The summed E-state index contributed by atoms with van der Waals surface area (Å²) in [5.41, 5.74) is -0.194. The topological polar surface area (TPSA) is 80.0 Å². The molecule has 1 amide bonds. The molecule has 6 nitrogen and oxygen atoms in total. The summed E-state index contributed by atoms with van der Waals surface area (Å²) in [4.78, 5) is 15.2. The van der Waals surface area contributed by atoms with E-state index in [1.807, 2.05) is 5.32 Å². The quantitative estimate of drug-likeness (QED) is 0.872. The number of alkyl halides is 2. The Hall–Kier alpha value is -2.13. The summed E-state index contributed by atoms with van der Waals surface area (Å²) < 4.78 is 41.5. The maximum absolute atomic E-state index is 13.9. The lowest BCUT2D eigenvalue weighted by molar-refractivity contribution is -0.159. The molecule has 1 aromatic carbocycles. The van der Waals surface area contributed by atoms with Gasteiger partial charge in [-0.15, -0.1) is 0 Å². The number of carbonyl (C=O) groups is 1. The van der Waals surface area contributed by atoms with E-state index in [0.717, 1.165) is 35.5 Å². The van der Waals surface area contributed by atoms with Crippen LogP contribution in [0.5, 0.6) is 0 Å². The highest BCUT2D eigenvalue weighted by Gasteiger charge is 2.47. The Bertz CT molecular complexity index is 666. The number of aromatic nitrogens is 3. The molecule has 22 heavy (non-hydrogen) atoms. The summed E-state index contributed by atoms with van der Waals surface area (Å²) in [5.74, 6) is -6.56. The summed E-state index contributed by atoms with van der Waals surface area (Å²) in [6.45, 7) is -0.627. The maximum atomic E-state index is 13.9. The van der Waals surface area contributed by atoms with Crippen molar-refractivity contribution in [3.05, 3.63) is 41.7 Å². The number of aliphatic hydroxyl groups excluding tert-OH is 1. The average molecular weight is 335 g/mol. The first-order valence-corrected chi connectivity index (χ1v) is 6.33. The number of carbonyl (C=O) groups excluding carboxylic acids is 1. The number of halogens is 4. The van der Waals surface area contributed by atoms with Gasteiger partial charge < -0.3 is 10.4 Å². The van der Waals surface area contributed by atoms with E-state index in [0.29, 0.717) is 0 Å². The highest BCUT2D eigenvalue weighted by Crippen LogP contribution is 2.26. The molecule has 0 radical (unpaired) electrons. The number of rotatable bonds is 5. The first-order valence-electron chi connectivity index (χ1n) is 5.95. The lowest BCUT2D eigenvalue weighted by Gasteiger charge is -2.21. The standard InChI is InChI=1S/C12H10ClF3N4O2/c13-8-3-7(14)1-2-9(8)19-11(22)12(15,16)10(21)4-20-6-17-5-18-20/h1-3,5-6,10,21H,4H2,(H,19,22). The largest absolute Gasteiger partial charge is 0.384 e. The molecule has 1 aromatic heterocycles. The van der Waals surface area contributed by atoms with Gasteiger partial charge in [-0.2, -0.15) is 13.9 Å². The maximum Gasteiger partial charge on any atom is 0.351 e. The van der Waals surface area contributed by atoms with Crippen molar-refractivity contribution in [2.45, 2.75) is 18.6 Å². The van der Waals surface area contributed by atoms with E-state index in [2.05, 4.69) is 10.1 Å². The van der Waals surface area contributed by atoms with Gasteiger partial charge in [-0.25, -0.2) is 9.37 Å². The molecule has 0 saturated carbocycles. The van der Waals surface area contributed by atoms with Crippen LogP contribution in [-0.4, -0.2) is 37.8 Å². The molecule has 10 heteroatoms. The van der Waals surface area contributed by atoms with Crippen molar-refractivity contribution in [2.24, 2.45) is 0 Å². The molecule has 1 unspecified atom stereocenters. The first-order chi connectivity index (χ1) is 10.3. The fourth-order valence-electron chi connectivity index (χ4n) is 1.57. The van der Waals surface area contributed by atoms with E-state index in [4.69, 9.17) is 11.6 Å². The Morgan fingerprint density at radius 1 is 1.50 bits per heavy atom. The number of anilines is 1. The van der Waals surface area contributed by atoms with Crippen molar-refractivity contribution in [3.63, 3.8) is 0 Å². The monoisotopic (exact) mass is 334 g/mol. The molecule has 2 N–H and O–H groups in total. The highest BCUT2D eigenvalue weighted by atomic mass is 35.5. The molecular formula is C12H10ClF3N4O2. The fraction of sp³-hybridized carbons (Fsp3) is 0.250. The molecule has 118 valence electrons. The van der Waals surface area contributed by atoms with Gasteiger partial charge in [-0.3, -0.25) is 9.48 Å². The molecule has 0 fully saturated rings. The Balaban J connectivity index is 2.09. The number of hydrogen-bond donors (Lipinski definition) is 2.